The maximum absolute atomic E-state index is 4.70. The van der Waals surface area contributed by atoms with Crippen molar-refractivity contribution >= 4 is 0 Å². The van der Waals surface area contributed by atoms with Crippen LogP contribution in [-0.4, -0.2) is 23.4 Å². The van der Waals surface area contributed by atoms with E-state index in [-0.39, 0.29) is 0 Å². The van der Waals surface area contributed by atoms with Crippen LogP contribution in [0.3, 0.4) is 0 Å². The van der Waals surface area contributed by atoms with E-state index in [4.69, 9.17) is 5.10 Å². The zero-order valence-corrected chi connectivity index (χ0v) is 12.9. The van der Waals surface area contributed by atoms with Crippen molar-refractivity contribution in [1.29, 1.82) is 0 Å². The highest BCUT2D eigenvalue weighted by molar-refractivity contribution is 5.24. The fourth-order valence-electron chi connectivity index (χ4n) is 2.70. The molecule has 0 amide bonds. The third kappa shape index (κ3) is 4.13. The van der Waals surface area contributed by atoms with Crippen LogP contribution in [0.15, 0.2) is 0 Å². The molecule has 1 unspecified atom stereocenters. The summed E-state index contributed by atoms with van der Waals surface area (Å²) in [5.41, 5.74) is 3.96. The topological polar surface area (TPSA) is 29.9 Å². The molecular weight excluding hydrogens is 222 g/mol. The Labute approximate surface area is 112 Å². The van der Waals surface area contributed by atoms with Gasteiger partial charge in [0, 0.05) is 12.2 Å². The van der Waals surface area contributed by atoms with Crippen molar-refractivity contribution in [3.05, 3.63) is 17.0 Å². The normalized spacial score (nSPS) is 13.3. The van der Waals surface area contributed by atoms with E-state index >= 15 is 0 Å². The van der Waals surface area contributed by atoms with Gasteiger partial charge in [0.1, 0.15) is 0 Å². The number of nitrogens with one attached hydrogen (secondary N) is 1. The summed E-state index contributed by atoms with van der Waals surface area (Å²) in [7, 11) is 2.00. The summed E-state index contributed by atoms with van der Waals surface area (Å²) in [4.78, 5) is 0. The first-order valence-electron chi connectivity index (χ1n) is 7.13. The average Bonchev–Trinajstić information content (AvgIpc) is 2.51. The minimum absolute atomic E-state index is 0.695. The summed E-state index contributed by atoms with van der Waals surface area (Å²) >= 11 is 0. The third-order valence-corrected chi connectivity index (χ3v) is 3.51. The quantitative estimate of drug-likeness (QED) is 0.807. The summed E-state index contributed by atoms with van der Waals surface area (Å²) in [6, 6.07) is 0. The first-order chi connectivity index (χ1) is 8.45. The standard InChI is InChI=1S/C15H29N3/c1-11(2)9-12(3)10-18-14(5)15(7-8-16-6)13(4)17-18/h11-12,16H,7-10H2,1-6H3. The summed E-state index contributed by atoms with van der Waals surface area (Å²) in [6.07, 6.45) is 2.34. The second-order valence-electron chi connectivity index (χ2n) is 5.92. The van der Waals surface area contributed by atoms with E-state index in [0.717, 1.165) is 25.4 Å². The van der Waals surface area contributed by atoms with E-state index < -0.39 is 0 Å². The lowest BCUT2D eigenvalue weighted by molar-refractivity contribution is 0.369. The Bertz CT molecular complexity index is 366. The number of hydrogen-bond donors (Lipinski definition) is 1. The molecule has 0 radical (unpaired) electrons. The lowest BCUT2D eigenvalue weighted by Crippen LogP contribution is -2.13. The highest BCUT2D eigenvalue weighted by Gasteiger charge is 2.13. The Morgan fingerprint density at radius 2 is 1.89 bits per heavy atom. The average molecular weight is 251 g/mol. The predicted octanol–water partition coefficient (Wildman–Crippen LogP) is 2.94. The van der Waals surface area contributed by atoms with Crippen molar-refractivity contribution in [3.8, 4) is 0 Å². The highest BCUT2D eigenvalue weighted by atomic mass is 15.3. The van der Waals surface area contributed by atoms with Gasteiger partial charge in [-0.25, -0.2) is 0 Å². The molecule has 0 spiro atoms. The molecule has 1 aromatic heterocycles. The van der Waals surface area contributed by atoms with Gasteiger partial charge in [-0.2, -0.15) is 5.10 Å². The maximum atomic E-state index is 4.70. The monoisotopic (exact) mass is 251 g/mol. The first kappa shape index (κ1) is 15.2. The second kappa shape index (κ2) is 6.93. The van der Waals surface area contributed by atoms with Crippen molar-refractivity contribution in [2.24, 2.45) is 11.8 Å². The van der Waals surface area contributed by atoms with E-state index in [0.29, 0.717) is 5.92 Å². The Morgan fingerprint density at radius 3 is 2.44 bits per heavy atom. The minimum Gasteiger partial charge on any atom is -0.319 e. The minimum atomic E-state index is 0.695. The molecule has 0 aliphatic heterocycles. The van der Waals surface area contributed by atoms with Crippen LogP contribution in [0.2, 0.25) is 0 Å². The molecule has 1 aromatic rings. The smallest absolute Gasteiger partial charge is 0.0628 e. The van der Waals surface area contributed by atoms with Crippen molar-refractivity contribution < 1.29 is 0 Å². The molecular formula is C15H29N3. The molecule has 0 saturated carbocycles. The van der Waals surface area contributed by atoms with Crippen molar-refractivity contribution in [2.75, 3.05) is 13.6 Å². The van der Waals surface area contributed by atoms with E-state index in [9.17, 15) is 0 Å². The number of likely N-dealkylation sites (N-methyl/N-ethyl adjacent to an activating group) is 1. The molecule has 104 valence electrons. The Morgan fingerprint density at radius 1 is 1.22 bits per heavy atom. The van der Waals surface area contributed by atoms with Crippen LogP contribution < -0.4 is 5.32 Å². The van der Waals surface area contributed by atoms with Gasteiger partial charge in [0.25, 0.3) is 0 Å². The molecule has 0 aliphatic carbocycles. The van der Waals surface area contributed by atoms with Gasteiger partial charge in [-0.3, -0.25) is 4.68 Å². The number of aromatic nitrogens is 2. The summed E-state index contributed by atoms with van der Waals surface area (Å²) in [5, 5.41) is 7.91. The van der Waals surface area contributed by atoms with Crippen LogP contribution in [0.5, 0.6) is 0 Å². The maximum Gasteiger partial charge on any atom is 0.0628 e. The van der Waals surface area contributed by atoms with E-state index in [1.807, 2.05) is 7.05 Å². The van der Waals surface area contributed by atoms with Crippen molar-refractivity contribution in [1.82, 2.24) is 15.1 Å². The van der Waals surface area contributed by atoms with Crippen LogP contribution in [-0.2, 0) is 13.0 Å². The van der Waals surface area contributed by atoms with Crippen LogP contribution in [0, 0.1) is 25.7 Å². The number of nitrogens with zero attached hydrogens (tertiary/aromatic N) is 2. The fraction of sp³-hybridized carbons (Fsp3) is 0.800. The number of hydrogen-bond acceptors (Lipinski definition) is 2. The van der Waals surface area contributed by atoms with Gasteiger partial charge in [0.05, 0.1) is 5.69 Å². The Hall–Kier alpha value is -0.830. The Kier molecular flexibility index (Phi) is 5.86. The molecule has 1 heterocycles. The van der Waals surface area contributed by atoms with Gasteiger partial charge in [0.2, 0.25) is 0 Å². The molecule has 0 saturated heterocycles. The Balaban J connectivity index is 2.72. The number of aryl methyl sites for hydroxylation is 1. The molecule has 1 rings (SSSR count). The molecule has 3 heteroatoms. The molecule has 1 atom stereocenters. The third-order valence-electron chi connectivity index (χ3n) is 3.51. The highest BCUT2D eigenvalue weighted by Crippen LogP contribution is 2.18. The number of rotatable bonds is 7. The lowest BCUT2D eigenvalue weighted by atomic mass is 9.99. The summed E-state index contributed by atoms with van der Waals surface area (Å²) in [6.45, 7) is 13.3. The molecule has 0 bridgehead atoms. The van der Waals surface area contributed by atoms with Gasteiger partial charge in [-0.1, -0.05) is 20.8 Å². The zero-order valence-electron chi connectivity index (χ0n) is 12.9. The summed E-state index contributed by atoms with van der Waals surface area (Å²) in [5.74, 6) is 1.46. The first-order valence-corrected chi connectivity index (χ1v) is 7.13. The molecule has 3 nitrogen and oxygen atoms in total. The van der Waals surface area contributed by atoms with Crippen LogP contribution >= 0.6 is 0 Å². The van der Waals surface area contributed by atoms with E-state index in [1.165, 1.54) is 23.4 Å². The van der Waals surface area contributed by atoms with Gasteiger partial charge in [-0.05, 0) is 57.7 Å². The molecule has 0 fully saturated rings. The van der Waals surface area contributed by atoms with Crippen LogP contribution in [0.1, 0.15) is 44.1 Å². The van der Waals surface area contributed by atoms with Gasteiger partial charge in [0.15, 0.2) is 0 Å². The fourth-order valence-corrected chi connectivity index (χ4v) is 2.70. The van der Waals surface area contributed by atoms with Crippen LogP contribution in [0.4, 0.5) is 0 Å². The summed E-state index contributed by atoms with van der Waals surface area (Å²) < 4.78 is 2.20. The lowest BCUT2D eigenvalue weighted by Gasteiger charge is -2.15. The second-order valence-corrected chi connectivity index (χ2v) is 5.92. The SMILES string of the molecule is CNCCc1c(C)nn(CC(C)CC(C)C)c1C. The van der Waals surface area contributed by atoms with E-state index in [2.05, 4.69) is 44.6 Å². The molecule has 1 N–H and O–H groups in total. The van der Waals surface area contributed by atoms with Gasteiger partial charge < -0.3 is 5.32 Å². The van der Waals surface area contributed by atoms with Gasteiger partial charge >= 0.3 is 0 Å². The molecule has 18 heavy (non-hydrogen) atoms. The van der Waals surface area contributed by atoms with Crippen molar-refractivity contribution in [3.63, 3.8) is 0 Å². The van der Waals surface area contributed by atoms with Gasteiger partial charge in [-0.15, -0.1) is 0 Å². The zero-order chi connectivity index (χ0) is 13.7. The predicted molar refractivity (Wildman–Crippen MR) is 78.0 cm³/mol. The largest absolute Gasteiger partial charge is 0.319 e. The van der Waals surface area contributed by atoms with E-state index in [1.54, 1.807) is 0 Å². The molecule has 0 aromatic carbocycles. The van der Waals surface area contributed by atoms with Crippen molar-refractivity contribution in [2.45, 2.75) is 54.0 Å². The molecule has 0 aliphatic rings. The van der Waals surface area contributed by atoms with Crippen LogP contribution in [0.25, 0.3) is 0 Å².